The monoisotopic (exact) mass is 331 g/mol. The van der Waals surface area contributed by atoms with Gasteiger partial charge in [-0.1, -0.05) is 23.7 Å². The van der Waals surface area contributed by atoms with Crippen LogP contribution < -0.4 is 5.32 Å². The number of aromatic nitrogens is 1. The fourth-order valence-electron chi connectivity index (χ4n) is 2.94. The van der Waals surface area contributed by atoms with Crippen LogP contribution in [0.3, 0.4) is 0 Å². The van der Waals surface area contributed by atoms with E-state index in [1.807, 2.05) is 12.1 Å². The molecule has 0 unspecified atom stereocenters. The summed E-state index contributed by atoms with van der Waals surface area (Å²) in [5.74, 6) is 0.146. The van der Waals surface area contributed by atoms with Crippen LogP contribution in [0.4, 0.5) is 5.69 Å². The Morgan fingerprint density at radius 1 is 1.35 bits per heavy atom. The first-order chi connectivity index (χ1) is 11.1. The van der Waals surface area contributed by atoms with Gasteiger partial charge in [-0.15, -0.1) is 0 Å². The summed E-state index contributed by atoms with van der Waals surface area (Å²) in [4.78, 5) is 18.4. The number of benzene rings is 1. The van der Waals surface area contributed by atoms with E-state index in [1.54, 1.807) is 30.5 Å². The lowest BCUT2D eigenvalue weighted by molar-refractivity contribution is -0.117. The van der Waals surface area contributed by atoms with Crippen molar-refractivity contribution in [3.8, 4) is 5.75 Å². The number of phenols is 1. The molecule has 1 aromatic carbocycles. The Morgan fingerprint density at radius 3 is 2.87 bits per heavy atom. The van der Waals surface area contributed by atoms with Crippen molar-refractivity contribution in [2.24, 2.45) is 0 Å². The van der Waals surface area contributed by atoms with Crippen LogP contribution in [0.15, 0.2) is 42.6 Å². The maximum absolute atomic E-state index is 12.3. The number of hydrogen-bond donors (Lipinski definition) is 2. The van der Waals surface area contributed by atoms with Crippen molar-refractivity contribution in [3.05, 3.63) is 53.3 Å². The highest BCUT2D eigenvalue weighted by Gasteiger charge is 2.27. The molecule has 0 spiro atoms. The van der Waals surface area contributed by atoms with Gasteiger partial charge in [0, 0.05) is 12.2 Å². The number of likely N-dealkylation sites (tertiary alicyclic amines) is 1. The Balaban J connectivity index is 1.65. The zero-order valence-electron chi connectivity index (χ0n) is 12.6. The quantitative estimate of drug-likeness (QED) is 0.844. The molecular weight excluding hydrogens is 314 g/mol. The van der Waals surface area contributed by atoms with Gasteiger partial charge in [0.15, 0.2) is 5.15 Å². The third kappa shape index (κ3) is 3.81. The van der Waals surface area contributed by atoms with Crippen LogP contribution in [0.5, 0.6) is 5.75 Å². The highest BCUT2D eigenvalue weighted by molar-refractivity contribution is 6.32. The average Bonchev–Trinajstić information content (AvgIpc) is 2.98. The first-order valence-corrected chi connectivity index (χ1v) is 7.94. The van der Waals surface area contributed by atoms with Gasteiger partial charge in [0.25, 0.3) is 0 Å². The predicted molar refractivity (Wildman–Crippen MR) is 89.5 cm³/mol. The molecule has 3 rings (SSSR count). The van der Waals surface area contributed by atoms with Gasteiger partial charge in [0.1, 0.15) is 5.75 Å². The molecule has 0 bridgehead atoms. The number of pyridine rings is 1. The smallest absolute Gasteiger partial charge is 0.238 e. The van der Waals surface area contributed by atoms with E-state index in [2.05, 4.69) is 15.2 Å². The number of aromatic hydroxyl groups is 1. The van der Waals surface area contributed by atoms with Crippen molar-refractivity contribution < 1.29 is 9.90 Å². The molecule has 1 fully saturated rings. The van der Waals surface area contributed by atoms with Crippen molar-refractivity contribution in [1.29, 1.82) is 0 Å². The fraction of sp³-hybridized carbons (Fsp3) is 0.294. The van der Waals surface area contributed by atoms with Crippen LogP contribution in [0, 0.1) is 0 Å². The molecule has 0 aliphatic carbocycles. The molecule has 1 amide bonds. The summed E-state index contributed by atoms with van der Waals surface area (Å²) < 4.78 is 0. The molecular formula is C17H18ClN3O2. The van der Waals surface area contributed by atoms with Gasteiger partial charge in [-0.3, -0.25) is 9.69 Å². The van der Waals surface area contributed by atoms with Crippen LogP contribution in [0.2, 0.25) is 5.15 Å². The predicted octanol–water partition coefficient (Wildman–Crippen LogP) is 3.22. The number of carbonyl (C=O) groups is 1. The van der Waals surface area contributed by atoms with Crippen molar-refractivity contribution in [3.63, 3.8) is 0 Å². The van der Waals surface area contributed by atoms with Crippen LogP contribution in [0.25, 0.3) is 0 Å². The molecule has 0 saturated carbocycles. The number of carbonyl (C=O) groups excluding carboxylic acids is 1. The Hall–Kier alpha value is -2.11. The molecule has 1 aliphatic rings. The topological polar surface area (TPSA) is 65.5 Å². The van der Waals surface area contributed by atoms with Gasteiger partial charge in [-0.2, -0.15) is 0 Å². The van der Waals surface area contributed by atoms with Crippen LogP contribution >= 0.6 is 11.6 Å². The highest BCUT2D eigenvalue weighted by atomic mass is 35.5. The summed E-state index contributed by atoms with van der Waals surface area (Å²) in [5, 5.41) is 12.5. The first-order valence-electron chi connectivity index (χ1n) is 7.57. The maximum atomic E-state index is 12.3. The molecule has 6 heteroatoms. The number of nitrogens with zero attached hydrogens (tertiary/aromatic N) is 2. The van der Waals surface area contributed by atoms with Crippen molar-refractivity contribution >= 4 is 23.2 Å². The van der Waals surface area contributed by atoms with Crippen LogP contribution in [-0.2, 0) is 4.79 Å². The summed E-state index contributed by atoms with van der Waals surface area (Å²) in [6.45, 7) is 1.18. The molecule has 0 radical (unpaired) electrons. The van der Waals surface area contributed by atoms with E-state index >= 15 is 0 Å². The standard InChI is InChI=1S/C17H18ClN3O2/c18-17-14(3-1-9-19-17)20-16(23)11-21-10-2-4-15(21)12-5-7-13(22)8-6-12/h1,3,5-9,15,22H,2,4,10-11H2,(H,20,23)/t15-/m0/s1. The number of anilines is 1. The first kappa shape index (κ1) is 15.8. The fourth-order valence-corrected chi connectivity index (χ4v) is 3.11. The van der Waals surface area contributed by atoms with Gasteiger partial charge in [-0.25, -0.2) is 4.98 Å². The van der Waals surface area contributed by atoms with E-state index in [4.69, 9.17) is 11.6 Å². The van der Waals surface area contributed by atoms with Gasteiger partial charge in [-0.05, 0) is 49.2 Å². The summed E-state index contributed by atoms with van der Waals surface area (Å²) in [7, 11) is 0. The van der Waals surface area contributed by atoms with E-state index in [1.165, 1.54) is 0 Å². The summed E-state index contributed by atoms with van der Waals surface area (Å²) in [6, 6.07) is 10.8. The van der Waals surface area contributed by atoms with Gasteiger partial charge in [0.2, 0.25) is 5.91 Å². The van der Waals surface area contributed by atoms with Crippen molar-refractivity contribution in [1.82, 2.24) is 9.88 Å². The lowest BCUT2D eigenvalue weighted by Gasteiger charge is -2.24. The van der Waals surface area contributed by atoms with E-state index in [0.29, 0.717) is 12.2 Å². The van der Waals surface area contributed by atoms with E-state index in [-0.39, 0.29) is 22.9 Å². The maximum Gasteiger partial charge on any atom is 0.238 e. The number of nitrogens with one attached hydrogen (secondary N) is 1. The zero-order chi connectivity index (χ0) is 16.2. The van der Waals surface area contributed by atoms with E-state index in [9.17, 15) is 9.90 Å². The second kappa shape index (κ2) is 6.98. The number of hydrogen-bond acceptors (Lipinski definition) is 4. The number of rotatable bonds is 4. The van der Waals surface area contributed by atoms with Gasteiger partial charge >= 0.3 is 0 Å². The summed E-state index contributed by atoms with van der Waals surface area (Å²) >= 11 is 5.96. The average molecular weight is 332 g/mol. The Bertz CT molecular complexity index is 690. The summed E-state index contributed by atoms with van der Waals surface area (Å²) in [5.41, 5.74) is 1.65. The molecule has 2 aromatic rings. The minimum Gasteiger partial charge on any atom is -0.508 e. The molecule has 1 aromatic heterocycles. The molecule has 1 aliphatic heterocycles. The highest BCUT2D eigenvalue weighted by Crippen LogP contribution is 2.32. The van der Waals surface area contributed by atoms with Crippen molar-refractivity contribution in [2.45, 2.75) is 18.9 Å². The number of amides is 1. The lowest BCUT2D eigenvalue weighted by Crippen LogP contribution is -2.33. The normalized spacial score (nSPS) is 18.0. The molecule has 1 saturated heterocycles. The second-order valence-electron chi connectivity index (χ2n) is 5.61. The third-order valence-electron chi connectivity index (χ3n) is 4.02. The molecule has 120 valence electrons. The number of phenolic OH excluding ortho intramolecular Hbond substituents is 1. The Labute approximate surface area is 139 Å². The minimum atomic E-state index is -0.106. The molecule has 23 heavy (non-hydrogen) atoms. The Kier molecular flexibility index (Phi) is 4.79. The Morgan fingerprint density at radius 2 is 2.13 bits per heavy atom. The van der Waals surface area contributed by atoms with Crippen LogP contribution in [-0.4, -0.2) is 34.0 Å². The molecule has 2 heterocycles. The third-order valence-corrected chi connectivity index (χ3v) is 4.32. The van der Waals surface area contributed by atoms with E-state index in [0.717, 1.165) is 24.9 Å². The molecule has 2 N–H and O–H groups in total. The second-order valence-corrected chi connectivity index (χ2v) is 5.97. The van der Waals surface area contributed by atoms with Gasteiger partial charge < -0.3 is 10.4 Å². The van der Waals surface area contributed by atoms with Crippen molar-refractivity contribution in [2.75, 3.05) is 18.4 Å². The molecule has 1 atom stereocenters. The minimum absolute atomic E-state index is 0.106. The van der Waals surface area contributed by atoms with Gasteiger partial charge in [0.05, 0.1) is 12.2 Å². The van der Waals surface area contributed by atoms with Crippen LogP contribution in [0.1, 0.15) is 24.4 Å². The molecule has 5 nitrogen and oxygen atoms in total. The number of halogens is 1. The zero-order valence-corrected chi connectivity index (χ0v) is 13.3. The SMILES string of the molecule is O=C(CN1CCC[C@H]1c1ccc(O)cc1)Nc1cccnc1Cl. The summed E-state index contributed by atoms with van der Waals surface area (Å²) in [6.07, 6.45) is 3.64. The lowest BCUT2D eigenvalue weighted by atomic mass is 10.0. The van der Waals surface area contributed by atoms with E-state index < -0.39 is 0 Å². The largest absolute Gasteiger partial charge is 0.508 e.